The first-order valence-corrected chi connectivity index (χ1v) is 12.3. The van der Waals surface area contributed by atoms with E-state index in [1.165, 1.54) is 5.56 Å². The smallest absolute Gasteiger partial charge is 0.243 e. The monoisotopic (exact) mass is 537 g/mol. The topological polar surface area (TPSA) is 79.9 Å². The Labute approximate surface area is 213 Å². The van der Waals surface area contributed by atoms with Crippen molar-refractivity contribution in [3.63, 3.8) is 0 Å². The van der Waals surface area contributed by atoms with E-state index in [2.05, 4.69) is 33.7 Å². The van der Waals surface area contributed by atoms with Crippen LogP contribution >= 0.6 is 15.9 Å². The highest BCUT2D eigenvalue weighted by Gasteiger charge is 2.35. The fourth-order valence-corrected chi connectivity index (χ4v) is 4.15. The van der Waals surface area contributed by atoms with E-state index in [0.717, 1.165) is 22.1 Å². The van der Waals surface area contributed by atoms with E-state index in [1.807, 2.05) is 48.5 Å². The van der Waals surface area contributed by atoms with Gasteiger partial charge in [0, 0.05) is 29.2 Å². The van der Waals surface area contributed by atoms with E-state index in [4.69, 9.17) is 9.47 Å². The number of carbonyl (C=O) groups is 2. The molecule has 8 heteroatoms. The molecule has 0 unspecified atom stereocenters. The van der Waals surface area contributed by atoms with Crippen molar-refractivity contribution in [1.82, 2.24) is 5.43 Å². The highest BCUT2D eigenvalue weighted by Crippen LogP contribution is 2.31. The van der Waals surface area contributed by atoms with E-state index in [-0.39, 0.29) is 18.2 Å². The van der Waals surface area contributed by atoms with Crippen molar-refractivity contribution in [2.24, 2.45) is 5.92 Å². The van der Waals surface area contributed by atoms with Crippen molar-refractivity contribution >= 4 is 39.1 Å². The molecule has 0 aromatic heterocycles. The van der Waals surface area contributed by atoms with Crippen LogP contribution in [0.2, 0.25) is 0 Å². The standard InChI is InChI=1S/C27H28BrN3O4/c1-3-18-6-11-23(12-7-18)31-16-20(14-26(31)32)27(33)30-29-22-10-13-24(25(15-22)34-2)35-17-19-4-8-21(28)9-5-19/h4-13,15,20,29H,3,14,16-17H2,1-2H3,(H,30,33)/t20-/m0/s1. The molecular formula is C27H28BrN3O4. The summed E-state index contributed by atoms with van der Waals surface area (Å²) in [5, 5.41) is 0. The number of aryl methyl sites for hydroxylation is 1. The number of benzene rings is 3. The summed E-state index contributed by atoms with van der Waals surface area (Å²) in [5.74, 6) is 0.415. The van der Waals surface area contributed by atoms with Crippen LogP contribution in [0.5, 0.6) is 11.5 Å². The molecule has 0 radical (unpaired) electrons. The summed E-state index contributed by atoms with van der Waals surface area (Å²) in [6.45, 7) is 2.84. The van der Waals surface area contributed by atoms with Crippen LogP contribution < -0.4 is 25.2 Å². The highest BCUT2D eigenvalue weighted by atomic mass is 79.9. The second-order valence-corrected chi connectivity index (χ2v) is 9.24. The van der Waals surface area contributed by atoms with Gasteiger partial charge in [-0.15, -0.1) is 0 Å². The number of ether oxygens (including phenoxy) is 2. The molecule has 1 aliphatic heterocycles. The third-order valence-corrected chi connectivity index (χ3v) is 6.48. The van der Waals surface area contributed by atoms with E-state index in [0.29, 0.717) is 30.3 Å². The minimum Gasteiger partial charge on any atom is -0.493 e. The van der Waals surface area contributed by atoms with Crippen molar-refractivity contribution in [1.29, 1.82) is 0 Å². The fraction of sp³-hybridized carbons (Fsp3) is 0.259. The van der Waals surface area contributed by atoms with E-state index >= 15 is 0 Å². The Hall–Kier alpha value is -3.52. The summed E-state index contributed by atoms with van der Waals surface area (Å²) in [5.41, 5.74) is 9.34. The molecule has 0 bridgehead atoms. The molecule has 0 saturated carbocycles. The maximum atomic E-state index is 12.7. The van der Waals surface area contributed by atoms with Gasteiger partial charge >= 0.3 is 0 Å². The third kappa shape index (κ3) is 6.14. The molecule has 7 nitrogen and oxygen atoms in total. The first-order valence-electron chi connectivity index (χ1n) is 11.5. The summed E-state index contributed by atoms with van der Waals surface area (Å²) in [6.07, 6.45) is 1.11. The number of nitrogens with zero attached hydrogens (tertiary/aromatic N) is 1. The molecule has 182 valence electrons. The van der Waals surface area contributed by atoms with Crippen LogP contribution in [0.4, 0.5) is 11.4 Å². The minimum absolute atomic E-state index is 0.0525. The van der Waals surface area contributed by atoms with Crippen LogP contribution in [-0.2, 0) is 22.6 Å². The molecule has 2 amide bonds. The first kappa shape index (κ1) is 24.6. The van der Waals surface area contributed by atoms with Gasteiger partial charge in [0.05, 0.1) is 18.7 Å². The summed E-state index contributed by atoms with van der Waals surface area (Å²) >= 11 is 3.42. The number of halogens is 1. The second-order valence-electron chi connectivity index (χ2n) is 8.32. The SMILES string of the molecule is CCc1ccc(N2C[C@@H](C(=O)NNc3ccc(OCc4ccc(Br)cc4)c(OC)c3)CC2=O)cc1. The molecule has 3 aromatic rings. The van der Waals surface area contributed by atoms with Gasteiger partial charge in [0.25, 0.3) is 0 Å². The first-order chi connectivity index (χ1) is 17.0. The zero-order valence-electron chi connectivity index (χ0n) is 19.7. The van der Waals surface area contributed by atoms with E-state index in [9.17, 15) is 9.59 Å². The summed E-state index contributed by atoms with van der Waals surface area (Å²) < 4.78 is 12.4. The summed E-state index contributed by atoms with van der Waals surface area (Å²) in [4.78, 5) is 26.9. The quantitative estimate of drug-likeness (QED) is 0.371. The lowest BCUT2D eigenvalue weighted by molar-refractivity contribution is -0.125. The van der Waals surface area contributed by atoms with Crippen molar-refractivity contribution in [3.8, 4) is 11.5 Å². The number of hydrogen-bond acceptors (Lipinski definition) is 5. The Morgan fingerprint density at radius 1 is 1.03 bits per heavy atom. The Morgan fingerprint density at radius 2 is 1.74 bits per heavy atom. The number of hydrazine groups is 1. The number of rotatable bonds is 9. The lowest BCUT2D eigenvalue weighted by atomic mass is 10.1. The van der Waals surface area contributed by atoms with Crippen LogP contribution in [0.25, 0.3) is 0 Å². The summed E-state index contributed by atoms with van der Waals surface area (Å²) in [7, 11) is 1.57. The lowest BCUT2D eigenvalue weighted by Gasteiger charge is -2.18. The maximum Gasteiger partial charge on any atom is 0.243 e. The van der Waals surface area contributed by atoms with Gasteiger partial charge in [-0.1, -0.05) is 47.1 Å². The molecule has 1 heterocycles. The van der Waals surface area contributed by atoms with Crippen molar-refractivity contribution in [2.45, 2.75) is 26.4 Å². The van der Waals surface area contributed by atoms with Gasteiger partial charge < -0.3 is 14.4 Å². The number of anilines is 2. The maximum absolute atomic E-state index is 12.7. The van der Waals surface area contributed by atoms with Crippen LogP contribution in [0, 0.1) is 5.92 Å². The van der Waals surface area contributed by atoms with Gasteiger partial charge in [0.1, 0.15) is 6.61 Å². The van der Waals surface area contributed by atoms with E-state index < -0.39 is 5.92 Å². The molecule has 1 saturated heterocycles. The van der Waals surface area contributed by atoms with Crippen LogP contribution in [0.1, 0.15) is 24.5 Å². The van der Waals surface area contributed by atoms with Crippen LogP contribution in [0.15, 0.2) is 71.2 Å². The molecule has 1 atom stereocenters. The highest BCUT2D eigenvalue weighted by molar-refractivity contribution is 9.10. The Balaban J connectivity index is 1.32. The zero-order valence-corrected chi connectivity index (χ0v) is 21.3. The van der Waals surface area contributed by atoms with Gasteiger partial charge in [0.2, 0.25) is 11.8 Å². The molecule has 2 N–H and O–H groups in total. The van der Waals surface area contributed by atoms with Gasteiger partial charge in [-0.3, -0.25) is 20.4 Å². The number of hydrogen-bond donors (Lipinski definition) is 2. The predicted octanol–water partition coefficient (Wildman–Crippen LogP) is 5.10. The Kier molecular flexibility index (Phi) is 7.92. The van der Waals surface area contributed by atoms with Crippen molar-refractivity contribution in [3.05, 3.63) is 82.3 Å². The second kappa shape index (κ2) is 11.3. The molecule has 35 heavy (non-hydrogen) atoms. The van der Waals surface area contributed by atoms with Crippen LogP contribution in [-0.4, -0.2) is 25.5 Å². The average Bonchev–Trinajstić information content (AvgIpc) is 3.28. The van der Waals surface area contributed by atoms with Crippen molar-refractivity contribution in [2.75, 3.05) is 24.0 Å². The van der Waals surface area contributed by atoms with Gasteiger partial charge in [0.15, 0.2) is 11.5 Å². The molecule has 1 aliphatic rings. The molecule has 0 aliphatic carbocycles. The van der Waals surface area contributed by atoms with Gasteiger partial charge in [-0.2, -0.15) is 0 Å². The lowest BCUT2D eigenvalue weighted by Crippen LogP contribution is -2.36. The Morgan fingerprint density at radius 3 is 2.43 bits per heavy atom. The fourth-order valence-electron chi connectivity index (χ4n) is 3.89. The van der Waals surface area contributed by atoms with Crippen molar-refractivity contribution < 1.29 is 19.1 Å². The summed E-state index contributed by atoms with van der Waals surface area (Å²) in [6, 6.07) is 21.1. The van der Waals surface area contributed by atoms with E-state index in [1.54, 1.807) is 30.2 Å². The zero-order chi connectivity index (χ0) is 24.8. The normalized spacial score (nSPS) is 15.1. The molecule has 3 aromatic carbocycles. The van der Waals surface area contributed by atoms with Gasteiger partial charge in [-0.25, -0.2) is 0 Å². The number of carbonyl (C=O) groups excluding carboxylic acids is 2. The predicted molar refractivity (Wildman–Crippen MR) is 140 cm³/mol. The largest absolute Gasteiger partial charge is 0.493 e. The molecule has 1 fully saturated rings. The van der Waals surface area contributed by atoms with Crippen LogP contribution in [0.3, 0.4) is 0 Å². The number of nitrogens with one attached hydrogen (secondary N) is 2. The minimum atomic E-state index is -0.434. The number of amides is 2. The third-order valence-electron chi connectivity index (χ3n) is 5.95. The Bertz CT molecular complexity index is 1180. The van der Waals surface area contributed by atoms with Gasteiger partial charge in [-0.05, 0) is 53.9 Å². The molecular weight excluding hydrogens is 510 g/mol. The average molecular weight is 538 g/mol. The number of methoxy groups -OCH3 is 1. The molecule has 4 rings (SSSR count). The molecule has 0 spiro atoms.